The number of aromatic nitrogens is 7. The lowest BCUT2D eigenvalue weighted by Gasteiger charge is -2.03. The average molecular weight is 346 g/mol. The molecule has 24 heavy (non-hydrogen) atoms. The minimum atomic E-state index is -4.42. The van der Waals surface area contributed by atoms with Gasteiger partial charge >= 0.3 is 6.18 Å². The molecule has 0 amide bonds. The fourth-order valence-corrected chi connectivity index (χ4v) is 1.77. The third kappa shape index (κ3) is 6.18. The van der Waals surface area contributed by atoms with Crippen LogP contribution in [0.5, 0.6) is 0 Å². The molecule has 13 heteroatoms. The van der Waals surface area contributed by atoms with Crippen molar-refractivity contribution in [3.8, 4) is 0 Å². The summed E-state index contributed by atoms with van der Waals surface area (Å²) in [5.74, 6) is 1.08. The number of rotatable bonds is 7. The highest BCUT2D eigenvalue weighted by Crippen LogP contribution is 2.14. The second-order valence-electron chi connectivity index (χ2n) is 4.94. The summed E-state index contributed by atoms with van der Waals surface area (Å²) in [5.41, 5.74) is 5.32. The second-order valence-corrected chi connectivity index (χ2v) is 4.94. The number of nitrogens with two attached hydrogens (primary N) is 1. The molecule has 0 fully saturated rings. The van der Waals surface area contributed by atoms with E-state index < -0.39 is 18.7 Å². The molecule has 2 aromatic rings. The van der Waals surface area contributed by atoms with Gasteiger partial charge in [-0.3, -0.25) is 10.4 Å². The molecular formula is C11H17F3N10. The predicted octanol–water partition coefficient (Wildman–Crippen LogP) is 0.411. The minimum absolute atomic E-state index is 0.00992. The maximum atomic E-state index is 12.0. The molecule has 10 nitrogen and oxygen atoms in total. The van der Waals surface area contributed by atoms with Crippen LogP contribution in [0.15, 0.2) is 4.99 Å². The van der Waals surface area contributed by atoms with E-state index in [1.54, 1.807) is 6.92 Å². The van der Waals surface area contributed by atoms with E-state index in [1.807, 2.05) is 0 Å². The number of aliphatic imine (C=N–C) groups is 1. The lowest BCUT2D eigenvalue weighted by atomic mass is 10.2. The van der Waals surface area contributed by atoms with Crippen LogP contribution in [-0.2, 0) is 13.0 Å². The van der Waals surface area contributed by atoms with E-state index in [0.29, 0.717) is 12.4 Å². The average Bonchev–Trinajstić information content (AvgIpc) is 3.10. The van der Waals surface area contributed by atoms with Gasteiger partial charge in [0.05, 0.1) is 6.54 Å². The SMILES string of the molecule is Cc1n[nH]c(CCCCn2nnc(N/C(N)=N\CC(F)(F)F)n2)n1. The highest BCUT2D eigenvalue weighted by molar-refractivity contribution is 5.90. The molecule has 132 valence electrons. The number of nitrogens with one attached hydrogen (secondary N) is 2. The Labute approximate surface area is 134 Å². The van der Waals surface area contributed by atoms with E-state index in [-0.39, 0.29) is 5.95 Å². The Morgan fingerprint density at radius 1 is 1.38 bits per heavy atom. The molecule has 2 aromatic heterocycles. The van der Waals surface area contributed by atoms with Crippen LogP contribution >= 0.6 is 0 Å². The molecule has 0 spiro atoms. The Kier molecular flexibility index (Phi) is 5.65. The first-order valence-corrected chi connectivity index (χ1v) is 7.11. The number of halogens is 3. The van der Waals surface area contributed by atoms with Gasteiger partial charge < -0.3 is 5.73 Å². The molecular weight excluding hydrogens is 329 g/mol. The van der Waals surface area contributed by atoms with E-state index in [1.165, 1.54) is 4.80 Å². The van der Waals surface area contributed by atoms with Crippen molar-refractivity contribution >= 4 is 11.9 Å². The number of aryl methyl sites for hydroxylation is 3. The van der Waals surface area contributed by atoms with Crippen LogP contribution in [-0.4, -0.2) is 54.1 Å². The topological polar surface area (TPSA) is 136 Å². The van der Waals surface area contributed by atoms with Crippen molar-refractivity contribution in [1.82, 2.24) is 35.4 Å². The Morgan fingerprint density at radius 2 is 2.17 bits per heavy atom. The highest BCUT2D eigenvalue weighted by atomic mass is 19.4. The molecule has 0 unspecified atom stereocenters. The third-order valence-corrected chi connectivity index (χ3v) is 2.79. The van der Waals surface area contributed by atoms with Gasteiger partial charge in [-0.15, -0.1) is 5.10 Å². The Hall–Kier alpha value is -2.73. The number of hydrogen-bond donors (Lipinski definition) is 3. The summed E-state index contributed by atoms with van der Waals surface area (Å²) in [6, 6.07) is 0. The molecule has 0 radical (unpaired) electrons. The van der Waals surface area contributed by atoms with Crippen molar-refractivity contribution in [2.45, 2.75) is 38.9 Å². The molecule has 0 aromatic carbocycles. The fraction of sp³-hybridized carbons (Fsp3) is 0.636. The van der Waals surface area contributed by atoms with Crippen molar-refractivity contribution in [2.75, 3.05) is 11.9 Å². The molecule has 2 rings (SSSR count). The number of hydrogen-bond acceptors (Lipinski definition) is 6. The minimum Gasteiger partial charge on any atom is -0.370 e. The lowest BCUT2D eigenvalue weighted by molar-refractivity contribution is -0.118. The lowest BCUT2D eigenvalue weighted by Crippen LogP contribution is -2.26. The summed E-state index contributed by atoms with van der Waals surface area (Å²) in [6.07, 6.45) is -2.06. The van der Waals surface area contributed by atoms with Crippen molar-refractivity contribution in [3.05, 3.63) is 11.6 Å². The van der Waals surface area contributed by atoms with Crippen molar-refractivity contribution in [3.63, 3.8) is 0 Å². The summed E-state index contributed by atoms with van der Waals surface area (Å²) in [4.78, 5) is 8.65. The van der Waals surface area contributed by atoms with Gasteiger partial charge in [-0.05, 0) is 25.0 Å². The van der Waals surface area contributed by atoms with E-state index >= 15 is 0 Å². The monoisotopic (exact) mass is 346 g/mol. The summed E-state index contributed by atoms with van der Waals surface area (Å²) in [7, 11) is 0. The van der Waals surface area contributed by atoms with Crippen LogP contribution in [0.3, 0.4) is 0 Å². The van der Waals surface area contributed by atoms with E-state index in [0.717, 1.165) is 25.1 Å². The summed E-state index contributed by atoms with van der Waals surface area (Å²) in [5, 5.41) is 20.5. The van der Waals surface area contributed by atoms with Gasteiger partial charge in [-0.1, -0.05) is 5.10 Å². The van der Waals surface area contributed by atoms with E-state index in [4.69, 9.17) is 5.73 Å². The molecule has 0 aliphatic carbocycles. The first-order valence-electron chi connectivity index (χ1n) is 7.11. The smallest absolute Gasteiger partial charge is 0.370 e. The van der Waals surface area contributed by atoms with Crippen LogP contribution in [0, 0.1) is 6.92 Å². The largest absolute Gasteiger partial charge is 0.408 e. The number of alkyl halides is 3. The zero-order valence-electron chi connectivity index (χ0n) is 12.9. The summed E-state index contributed by atoms with van der Waals surface area (Å²) >= 11 is 0. The Bertz CT molecular complexity index is 674. The Morgan fingerprint density at radius 3 is 2.83 bits per heavy atom. The quantitative estimate of drug-likeness (QED) is 0.375. The predicted molar refractivity (Wildman–Crippen MR) is 78.0 cm³/mol. The number of aromatic amines is 1. The van der Waals surface area contributed by atoms with Crippen molar-refractivity contribution < 1.29 is 13.2 Å². The van der Waals surface area contributed by atoms with Gasteiger partial charge in [0.1, 0.15) is 18.2 Å². The number of anilines is 1. The summed E-state index contributed by atoms with van der Waals surface area (Å²) in [6.45, 7) is 0.931. The normalized spacial score (nSPS) is 12.6. The van der Waals surface area contributed by atoms with Gasteiger partial charge in [-0.2, -0.15) is 23.1 Å². The van der Waals surface area contributed by atoms with Crippen molar-refractivity contribution in [2.24, 2.45) is 10.7 Å². The van der Waals surface area contributed by atoms with Crippen LogP contribution in [0.25, 0.3) is 0 Å². The highest BCUT2D eigenvalue weighted by Gasteiger charge is 2.26. The van der Waals surface area contributed by atoms with Crippen LogP contribution in [0.1, 0.15) is 24.5 Å². The van der Waals surface area contributed by atoms with Crippen LogP contribution < -0.4 is 11.1 Å². The molecule has 0 aliphatic heterocycles. The van der Waals surface area contributed by atoms with Gasteiger partial charge in [0, 0.05) is 6.42 Å². The van der Waals surface area contributed by atoms with E-state index in [9.17, 15) is 13.2 Å². The fourth-order valence-electron chi connectivity index (χ4n) is 1.77. The number of tetrazole rings is 1. The molecule has 2 heterocycles. The molecule has 0 atom stereocenters. The first-order chi connectivity index (χ1) is 11.3. The van der Waals surface area contributed by atoms with Gasteiger partial charge in [0.25, 0.3) is 5.95 Å². The zero-order valence-corrected chi connectivity index (χ0v) is 12.9. The van der Waals surface area contributed by atoms with Gasteiger partial charge in [0.2, 0.25) is 0 Å². The van der Waals surface area contributed by atoms with Crippen molar-refractivity contribution in [1.29, 1.82) is 0 Å². The van der Waals surface area contributed by atoms with Gasteiger partial charge in [-0.25, -0.2) is 9.98 Å². The third-order valence-electron chi connectivity index (χ3n) is 2.79. The number of guanidine groups is 1. The maximum Gasteiger partial charge on any atom is 0.408 e. The Balaban J connectivity index is 1.72. The van der Waals surface area contributed by atoms with E-state index in [2.05, 4.69) is 40.9 Å². The second kappa shape index (κ2) is 7.70. The molecule has 0 aliphatic rings. The summed E-state index contributed by atoms with van der Waals surface area (Å²) < 4.78 is 36.0. The number of H-pyrrole nitrogens is 1. The number of unbranched alkanes of at least 4 members (excludes halogenated alkanes) is 1. The zero-order chi connectivity index (χ0) is 17.6. The maximum absolute atomic E-state index is 12.0. The molecule has 0 saturated heterocycles. The van der Waals surface area contributed by atoms with Crippen LogP contribution in [0.2, 0.25) is 0 Å². The van der Waals surface area contributed by atoms with Gasteiger partial charge in [0.15, 0.2) is 5.96 Å². The molecule has 0 bridgehead atoms. The van der Waals surface area contributed by atoms with Crippen LogP contribution in [0.4, 0.5) is 19.1 Å². The standard InChI is InChI=1S/C11H17F3N10/c1-7-17-8(20-19-7)4-2-3-5-24-22-10(21-23-24)18-9(15)16-6-11(12,13)14/h2-6H2,1H3,(H,17,19,20)(H3,15,16,18,22). The molecule has 0 saturated carbocycles. The molecule has 4 N–H and O–H groups in total. The number of nitrogens with zero attached hydrogens (tertiary/aromatic N) is 7. The first kappa shape index (κ1) is 17.6.